The van der Waals surface area contributed by atoms with Crippen LogP contribution >= 0.6 is 0 Å². The summed E-state index contributed by atoms with van der Waals surface area (Å²) in [6.07, 6.45) is 2.26. The van der Waals surface area contributed by atoms with Gasteiger partial charge in [-0.1, -0.05) is 11.6 Å². The van der Waals surface area contributed by atoms with Gasteiger partial charge in [-0.15, -0.1) is 0 Å². The van der Waals surface area contributed by atoms with E-state index in [-0.39, 0.29) is 12.2 Å². The Labute approximate surface area is 86.3 Å². The Morgan fingerprint density at radius 1 is 1.50 bits per heavy atom. The van der Waals surface area contributed by atoms with Crippen molar-refractivity contribution in [1.82, 2.24) is 0 Å². The molecule has 0 saturated carbocycles. The summed E-state index contributed by atoms with van der Waals surface area (Å²) in [5, 5.41) is 8.78. The lowest BCUT2D eigenvalue weighted by Crippen LogP contribution is -2.18. The Hall–Kier alpha value is -0.850. The second-order valence-corrected chi connectivity index (χ2v) is 3.51. The van der Waals surface area contributed by atoms with Crippen LogP contribution in [0.2, 0.25) is 0 Å². The molecule has 80 valence electrons. The SMILES string of the molecule is COC(C)CC(C#N)OCC=C(C)C. The number of hydrogen-bond acceptors (Lipinski definition) is 3. The number of nitrogens with zero attached hydrogens (tertiary/aromatic N) is 1. The number of rotatable bonds is 6. The zero-order valence-corrected chi connectivity index (χ0v) is 9.41. The van der Waals surface area contributed by atoms with Gasteiger partial charge >= 0.3 is 0 Å². The van der Waals surface area contributed by atoms with Crippen molar-refractivity contribution in [3.63, 3.8) is 0 Å². The third kappa shape index (κ3) is 6.64. The van der Waals surface area contributed by atoms with E-state index in [1.54, 1.807) is 7.11 Å². The molecule has 0 bridgehead atoms. The molecule has 3 heteroatoms. The lowest BCUT2D eigenvalue weighted by molar-refractivity contribution is 0.0424. The third-order valence-corrected chi connectivity index (χ3v) is 1.88. The molecule has 0 aliphatic carbocycles. The van der Waals surface area contributed by atoms with Crippen LogP contribution in [0, 0.1) is 11.3 Å². The number of ether oxygens (including phenoxy) is 2. The van der Waals surface area contributed by atoms with Gasteiger partial charge in [0.05, 0.1) is 18.8 Å². The van der Waals surface area contributed by atoms with Crippen LogP contribution in [0.15, 0.2) is 11.6 Å². The van der Waals surface area contributed by atoms with Gasteiger partial charge in [0, 0.05) is 13.5 Å². The monoisotopic (exact) mass is 197 g/mol. The predicted molar refractivity (Wildman–Crippen MR) is 55.9 cm³/mol. The first-order valence-corrected chi connectivity index (χ1v) is 4.77. The number of methoxy groups -OCH3 is 1. The summed E-state index contributed by atoms with van der Waals surface area (Å²) in [7, 11) is 1.63. The van der Waals surface area contributed by atoms with Crippen molar-refractivity contribution >= 4 is 0 Å². The summed E-state index contributed by atoms with van der Waals surface area (Å²) in [5.41, 5.74) is 1.20. The fourth-order valence-corrected chi connectivity index (χ4v) is 0.887. The molecule has 0 fully saturated rings. The van der Waals surface area contributed by atoms with Gasteiger partial charge in [0.2, 0.25) is 0 Å². The second-order valence-electron chi connectivity index (χ2n) is 3.51. The average Bonchev–Trinajstić information content (AvgIpc) is 2.15. The Morgan fingerprint density at radius 2 is 2.14 bits per heavy atom. The first-order chi connectivity index (χ1) is 6.60. The Bertz CT molecular complexity index is 214. The van der Waals surface area contributed by atoms with Gasteiger partial charge in [-0.05, 0) is 20.8 Å². The summed E-state index contributed by atoms with van der Waals surface area (Å²) in [6, 6.07) is 2.11. The molecular formula is C11H19NO2. The largest absolute Gasteiger partial charge is 0.382 e. The van der Waals surface area contributed by atoms with E-state index in [9.17, 15) is 0 Å². The van der Waals surface area contributed by atoms with Crippen LogP contribution in [-0.4, -0.2) is 25.9 Å². The van der Waals surface area contributed by atoms with Crippen molar-refractivity contribution in [2.24, 2.45) is 0 Å². The minimum Gasteiger partial charge on any atom is -0.382 e. The third-order valence-electron chi connectivity index (χ3n) is 1.88. The number of nitriles is 1. The van der Waals surface area contributed by atoms with Crippen molar-refractivity contribution in [3.8, 4) is 6.07 Å². The zero-order chi connectivity index (χ0) is 11.0. The first-order valence-electron chi connectivity index (χ1n) is 4.77. The summed E-state index contributed by atoms with van der Waals surface area (Å²) >= 11 is 0. The van der Waals surface area contributed by atoms with Crippen molar-refractivity contribution in [2.45, 2.75) is 39.4 Å². The molecule has 0 spiro atoms. The van der Waals surface area contributed by atoms with Gasteiger partial charge < -0.3 is 9.47 Å². The minimum atomic E-state index is -0.374. The van der Waals surface area contributed by atoms with Crippen LogP contribution in [0.5, 0.6) is 0 Å². The lowest BCUT2D eigenvalue weighted by atomic mass is 10.2. The summed E-state index contributed by atoms with van der Waals surface area (Å²) in [5.74, 6) is 0. The fourth-order valence-electron chi connectivity index (χ4n) is 0.887. The zero-order valence-electron chi connectivity index (χ0n) is 9.41. The van der Waals surface area contributed by atoms with E-state index in [4.69, 9.17) is 14.7 Å². The highest BCUT2D eigenvalue weighted by atomic mass is 16.5. The van der Waals surface area contributed by atoms with Crippen LogP contribution in [0.4, 0.5) is 0 Å². The molecule has 0 amide bonds. The van der Waals surface area contributed by atoms with E-state index >= 15 is 0 Å². The molecule has 0 aromatic rings. The highest BCUT2D eigenvalue weighted by Crippen LogP contribution is 2.05. The van der Waals surface area contributed by atoms with Crippen molar-refractivity contribution in [1.29, 1.82) is 5.26 Å². The second kappa shape index (κ2) is 7.54. The van der Waals surface area contributed by atoms with Gasteiger partial charge in [0.15, 0.2) is 0 Å². The van der Waals surface area contributed by atoms with Gasteiger partial charge in [-0.3, -0.25) is 0 Å². The topological polar surface area (TPSA) is 42.2 Å². The van der Waals surface area contributed by atoms with Crippen LogP contribution in [0.1, 0.15) is 27.2 Å². The molecule has 0 aliphatic rings. The van der Waals surface area contributed by atoms with Crippen LogP contribution in [0.25, 0.3) is 0 Å². The molecule has 2 unspecified atom stereocenters. The molecule has 0 rings (SSSR count). The van der Waals surface area contributed by atoms with Crippen LogP contribution < -0.4 is 0 Å². The summed E-state index contributed by atoms with van der Waals surface area (Å²) in [6.45, 7) is 6.43. The van der Waals surface area contributed by atoms with Crippen LogP contribution in [-0.2, 0) is 9.47 Å². The highest BCUT2D eigenvalue weighted by Gasteiger charge is 2.11. The van der Waals surface area contributed by atoms with Gasteiger partial charge in [0.25, 0.3) is 0 Å². The first kappa shape index (κ1) is 13.2. The molecule has 14 heavy (non-hydrogen) atoms. The molecular weight excluding hydrogens is 178 g/mol. The molecule has 0 heterocycles. The maximum atomic E-state index is 8.78. The quantitative estimate of drug-likeness (QED) is 0.613. The van der Waals surface area contributed by atoms with Crippen molar-refractivity contribution < 1.29 is 9.47 Å². The average molecular weight is 197 g/mol. The van der Waals surface area contributed by atoms with E-state index in [0.717, 1.165) is 0 Å². The summed E-state index contributed by atoms with van der Waals surface area (Å²) in [4.78, 5) is 0. The maximum Gasteiger partial charge on any atom is 0.146 e. The van der Waals surface area contributed by atoms with Gasteiger partial charge in [0.1, 0.15) is 6.10 Å². The van der Waals surface area contributed by atoms with Gasteiger partial charge in [-0.25, -0.2) is 0 Å². The van der Waals surface area contributed by atoms with E-state index in [1.807, 2.05) is 26.8 Å². The van der Waals surface area contributed by atoms with E-state index < -0.39 is 0 Å². The van der Waals surface area contributed by atoms with Crippen molar-refractivity contribution in [3.05, 3.63) is 11.6 Å². The molecule has 0 aliphatic heterocycles. The van der Waals surface area contributed by atoms with E-state index in [2.05, 4.69) is 6.07 Å². The Morgan fingerprint density at radius 3 is 2.57 bits per heavy atom. The lowest BCUT2D eigenvalue weighted by Gasteiger charge is -2.13. The number of allylic oxidation sites excluding steroid dienone is 1. The van der Waals surface area contributed by atoms with E-state index in [1.165, 1.54) is 5.57 Å². The van der Waals surface area contributed by atoms with Gasteiger partial charge in [-0.2, -0.15) is 5.26 Å². The molecule has 0 N–H and O–H groups in total. The molecule has 0 saturated heterocycles. The predicted octanol–water partition coefficient (Wildman–Crippen LogP) is 2.29. The van der Waals surface area contributed by atoms with Crippen molar-refractivity contribution in [2.75, 3.05) is 13.7 Å². The Balaban J connectivity index is 3.81. The number of hydrogen-bond donors (Lipinski definition) is 0. The van der Waals surface area contributed by atoms with Crippen LogP contribution in [0.3, 0.4) is 0 Å². The highest BCUT2D eigenvalue weighted by molar-refractivity contribution is 4.94. The normalized spacial score (nSPS) is 14.2. The summed E-state index contributed by atoms with van der Waals surface area (Å²) < 4.78 is 10.4. The maximum absolute atomic E-state index is 8.78. The minimum absolute atomic E-state index is 0.0614. The van der Waals surface area contributed by atoms with E-state index in [0.29, 0.717) is 13.0 Å². The Kier molecular flexibility index (Phi) is 7.09. The molecule has 0 aromatic heterocycles. The molecule has 3 nitrogen and oxygen atoms in total. The standard InChI is InChI=1S/C11H19NO2/c1-9(2)5-6-14-11(8-12)7-10(3)13-4/h5,10-11H,6-7H2,1-4H3. The molecule has 0 aromatic carbocycles. The molecule has 0 radical (unpaired) electrons. The fraction of sp³-hybridized carbons (Fsp3) is 0.727. The smallest absolute Gasteiger partial charge is 0.146 e. The molecule has 2 atom stereocenters.